The molecule has 0 spiro atoms. The fourth-order valence-corrected chi connectivity index (χ4v) is 3.65. The third kappa shape index (κ3) is 2.51. The summed E-state index contributed by atoms with van der Waals surface area (Å²) in [5.41, 5.74) is 2.84. The summed E-state index contributed by atoms with van der Waals surface area (Å²) in [7, 11) is 0. The maximum Gasteiger partial charge on any atom is 0.243 e. The molecule has 2 unspecified atom stereocenters. The first-order valence-corrected chi connectivity index (χ1v) is 7.69. The van der Waals surface area contributed by atoms with E-state index < -0.39 is 0 Å². The number of nitrogens with one attached hydrogen (secondary N) is 1. The molecule has 1 heterocycles. The molecule has 0 aromatic rings. The van der Waals surface area contributed by atoms with Crippen LogP contribution >= 0.6 is 0 Å². The summed E-state index contributed by atoms with van der Waals surface area (Å²) in [5, 5.41) is 3.18. The third-order valence-electron chi connectivity index (χ3n) is 4.71. The summed E-state index contributed by atoms with van der Waals surface area (Å²) in [6.07, 6.45) is 12.5. The number of nitrogens with zero attached hydrogens (tertiary/aromatic N) is 1. The van der Waals surface area contributed by atoms with Gasteiger partial charge in [-0.15, -0.1) is 0 Å². The zero-order chi connectivity index (χ0) is 13.9. The zero-order valence-electron chi connectivity index (χ0n) is 11.8. The van der Waals surface area contributed by atoms with Gasteiger partial charge in [-0.1, -0.05) is 17.7 Å². The smallest absolute Gasteiger partial charge is 0.243 e. The molecule has 20 heavy (non-hydrogen) atoms. The number of allylic oxidation sites excluding steroid dienone is 2. The van der Waals surface area contributed by atoms with E-state index in [0.29, 0.717) is 6.54 Å². The molecule has 2 atom stereocenters. The van der Waals surface area contributed by atoms with Crippen molar-refractivity contribution in [1.29, 1.82) is 0 Å². The lowest BCUT2D eigenvalue weighted by atomic mass is 9.82. The van der Waals surface area contributed by atoms with Gasteiger partial charge < -0.3 is 10.2 Å². The predicted octanol–water partition coefficient (Wildman–Crippen LogP) is 1.92. The van der Waals surface area contributed by atoms with Crippen molar-refractivity contribution in [1.82, 2.24) is 10.2 Å². The molecule has 1 saturated heterocycles. The van der Waals surface area contributed by atoms with Gasteiger partial charge in [-0.3, -0.25) is 9.59 Å². The molecule has 2 aliphatic carbocycles. The van der Waals surface area contributed by atoms with Crippen LogP contribution in [0.4, 0.5) is 0 Å². The first-order valence-electron chi connectivity index (χ1n) is 7.69. The number of carbonyl (C=O) groups is 2. The van der Waals surface area contributed by atoms with Crippen LogP contribution in [0.25, 0.3) is 0 Å². The van der Waals surface area contributed by atoms with Crippen LogP contribution in [0.2, 0.25) is 0 Å². The Bertz CT molecular complexity index is 467. The van der Waals surface area contributed by atoms with Gasteiger partial charge in [0.25, 0.3) is 0 Å². The van der Waals surface area contributed by atoms with Crippen LogP contribution in [0, 0.1) is 0 Å². The fraction of sp³-hybridized carbons (Fsp3) is 0.625. The normalized spacial score (nSPS) is 29.3. The van der Waals surface area contributed by atoms with E-state index in [-0.39, 0.29) is 18.0 Å². The van der Waals surface area contributed by atoms with Crippen molar-refractivity contribution in [3.8, 4) is 0 Å². The number of likely N-dealkylation sites (tertiary alicyclic amines) is 1. The Kier molecular flexibility index (Phi) is 3.90. The molecule has 0 saturated carbocycles. The number of rotatable bonds is 3. The summed E-state index contributed by atoms with van der Waals surface area (Å²) >= 11 is 0. The molecule has 4 heteroatoms. The maximum absolute atomic E-state index is 12.4. The monoisotopic (exact) mass is 274 g/mol. The second-order valence-corrected chi connectivity index (χ2v) is 5.95. The van der Waals surface area contributed by atoms with Crippen LogP contribution in [-0.4, -0.2) is 35.8 Å². The Morgan fingerprint density at radius 3 is 3.05 bits per heavy atom. The van der Waals surface area contributed by atoms with Crippen LogP contribution in [0.3, 0.4) is 0 Å². The summed E-state index contributed by atoms with van der Waals surface area (Å²) in [5.74, 6) is 0.0207. The van der Waals surface area contributed by atoms with Crippen LogP contribution in [0.15, 0.2) is 23.3 Å². The summed E-state index contributed by atoms with van der Waals surface area (Å²) < 4.78 is 0. The lowest BCUT2D eigenvalue weighted by Gasteiger charge is -2.31. The van der Waals surface area contributed by atoms with E-state index in [9.17, 15) is 9.59 Å². The van der Waals surface area contributed by atoms with Gasteiger partial charge >= 0.3 is 0 Å². The van der Waals surface area contributed by atoms with Gasteiger partial charge in [0.1, 0.15) is 6.04 Å². The predicted molar refractivity (Wildman–Crippen MR) is 77.0 cm³/mol. The topological polar surface area (TPSA) is 49.4 Å². The molecule has 108 valence electrons. The van der Waals surface area contributed by atoms with E-state index in [0.717, 1.165) is 44.9 Å². The highest BCUT2D eigenvalue weighted by atomic mass is 16.2. The summed E-state index contributed by atoms with van der Waals surface area (Å²) in [6.45, 7) is 0.708. The Labute approximate surface area is 119 Å². The van der Waals surface area contributed by atoms with Crippen molar-refractivity contribution in [3.05, 3.63) is 23.3 Å². The highest BCUT2D eigenvalue weighted by Crippen LogP contribution is 2.32. The van der Waals surface area contributed by atoms with Crippen LogP contribution in [0.5, 0.6) is 0 Å². The van der Waals surface area contributed by atoms with Crippen molar-refractivity contribution >= 4 is 12.3 Å². The lowest BCUT2D eigenvalue weighted by Crippen LogP contribution is -2.47. The molecule has 0 radical (unpaired) electrons. The van der Waals surface area contributed by atoms with Crippen LogP contribution in [-0.2, 0) is 9.59 Å². The molecule has 3 aliphatic rings. The number of hydrogen-bond donors (Lipinski definition) is 1. The van der Waals surface area contributed by atoms with Gasteiger partial charge in [0.15, 0.2) is 0 Å². The van der Waals surface area contributed by atoms with Crippen molar-refractivity contribution in [2.45, 2.75) is 57.0 Å². The van der Waals surface area contributed by atoms with E-state index in [1.165, 1.54) is 17.6 Å². The minimum absolute atomic E-state index is 0.0207. The highest BCUT2D eigenvalue weighted by molar-refractivity contribution is 5.84. The van der Waals surface area contributed by atoms with Crippen molar-refractivity contribution in [2.75, 3.05) is 6.54 Å². The van der Waals surface area contributed by atoms with E-state index in [1.54, 1.807) is 4.90 Å². The number of amides is 2. The second-order valence-electron chi connectivity index (χ2n) is 5.95. The minimum atomic E-state index is -0.258. The van der Waals surface area contributed by atoms with Gasteiger partial charge in [-0.25, -0.2) is 0 Å². The van der Waals surface area contributed by atoms with Gasteiger partial charge in [-0.05, 0) is 50.5 Å². The fourth-order valence-electron chi connectivity index (χ4n) is 3.65. The molecule has 1 N–H and O–H groups in total. The van der Waals surface area contributed by atoms with E-state index in [4.69, 9.17) is 0 Å². The average molecular weight is 274 g/mol. The van der Waals surface area contributed by atoms with E-state index in [1.807, 2.05) is 0 Å². The van der Waals surface area contributed by atoms with E-state index >= 15 is 0 Å². The van der Waals surface area contributed by atoms with Crippen molar-refractivity contribution < 1.29 is 9.59 Å². The van der Waals surface area contributed by atoms with Gasteiger partial charge in [-0.2, -0.15) is 0 Å². The van der Waals surface area contributed by atoms with Gasteiger partial charge in [0.2, 0.25) is 12.3 Å². The first kappa shape index (κ1) is 13.4. The number of carbonyl (C=O) groups excluding carboxylic acids is 2. The van der Waals surface area contributed by atoms with Gasteiger partial charge in [0.05, 0.1) is 6.04 Å². The van der Waals surface area contributed by atoms with Crippen LogP contribution < -0.4 is 5.32 Å². The molecule has 3 rings (SSSR count). The molecule has 2 amide bonds. The maximum atomic E-state index is 12.4. The van der Waals surface area contributed by atoms with Crippen molar-refractivity contribution in [2.24, 2.45) is 0 Å². The molecule has 4 nitrogen and oxygen atoms in total. The molecule has 0 bridgehead atoms. The average Bonchev–Trinajstić information content (AvgIpc) is 2.96. The summed E-state index contributed by atoms with van der Waals surface area (Å²) in [6, 6.07) is -0.108. The zero-order valence-corrected chi connectivity index (χ0v) is 11.8. The quantitative estimate of drug-likeness (QED) is 0.799. The molecule has 0 aromatic carbocycles. The SMILES string of the molecule is O=CN1CCCC1C(=O)NC1CCCC2=C1C=CCC2. The largest absolute Gasteiger partial charge is 0.348 e. The third-order valence-corrected chi connectivity index (χ3v) is 4.71. The minimum Gasteiger partial charge on any atom is -0.348 e. The molecular formula is C16H22N2O2. The molecule has 1 aliphatic heterocycles. The second kappa shape index (κ2) is 5.81. The Balaban J connectivity index is 1.69. The Morgan fingerprint density at radius 2 is 2.20 bits per heavy atom. The Hall–Kier alpha value is -1.58. The summed E-state index contributed by atoms with van der Waals surface area (Å²) in [4.78, 5) is 25.0. The van der Waals surface area contributed by atoms with E-state index in [2.05, 4.69) is 17.5 Å². The Morgan fingerprint density at radius 1 is 1.30 bits per heavy atom. The lowest BCUT2D eigenvalue weighted by molar-refractivity contribution is -0.131. The highest BCUT2D eigenvalue weighted by Gasteiger charge is 2.32. The van der Waals surface area contributed by atoms with Crippen molar-refractivity contribution in [3.63, 3.8) is 0 Å². The molecule has 1 fully saturated rings. The van der Waals surface area contributed by atoms with Crippen LogP contribution in [0.1, 0.15) is 44.9 Å². The van der Waals surface area contributed by atoms with Gasteiger partial charge in [0, 0.05) is 6.54 Å². The molecular weight excluding hydrogens is 252 g/mol. The first-order chi connectivity index (χ1) is 9.79. The molecule has 0 aromatic heterocycles. The standard InChI is InChI=1S/C16H22N2O2/c19-11-18-10-4-9-15(18)16(20)17-14-8-3-6-12-5-1-2-7-13(12)14/h2,7,11,14-15H,1,3-6,8-10H2,(H,17,20). The number of hydrogen-bond acceptors (Lipinski definition) is 2.